The van der Waals surface area contributed by atoms with E-state index in [0.717, 1.165) is 27.7 Å². The van der Waals surface area contributed by atoms with Crippen LogP contribution in [0.15, 0.2) is 0 Å². The fourth-order valence-corrected chi connectivity index (χ4v) is 1.55. The molecule has 0 bridgehead atoms. The molecule has 0 aromatic carbocycles. The minimum absolute atomic E-state index is 0. The van der Waals surface area contributed by atoms with Crippen LogP contribution in [0.2, 0.25) is 0 Å². The molecular formula is C14H14NiO10. The van der Waals surface area contributed by atoms with Crippen molar-refractivity contribution in [1.29, 1.82) is 0 Å². The molecule has 0 atom stereocenters. The third-order valence-corrected chi connectivity index (χ3v) is 2.55. The first-order valence-electron chi connectivity index (χ1n) is 6.27. The Kier molecular flexibility index (Phi) is 13.0. The van der Waals surface area contributed by atoms with Crippen molar-refractivity contribution >= 4 is 46.6 Å². The van der Waals surface area contributed by atoms with Gasteiger partial charge in [-0.25, -0.2) is 0 Å². The van der Waals surface area contributed by atoms with E-state index in [-0.39, 0.29) is 16.5 Å². The van der Waals surface area contributed by atoms with Gasteiger partial charge in [-0.2, -0.15) is 0 Å². The average Bonchev–Trinajstić information content (AvgIpc) is 2.37. The maximum Gasteiger partial charge on any atom is 2.00 e. The first kappa shape index (κ1) is 27.3. The number of ketones is 6. The Morgan fingerprint density at radius 2 is 0.680 bits per heavy atom. The van der Waals surface area contributed by atoms with Gasteiger partial charge in [0.25, 0.3) is 0 Å². The van der Waals surface area contributed by atoms with E-state index >= 15 is 0 Å². The van der Waals surface area contributed by atoms with Gasteiger partial charge in [0.2, 0.25) is 0 Å². The quantitative estimate of drug-likeness (QED) is 0.222. The smallest absolute Gasteiger partial charge is 0.542 e. The molecule has 140 valence electrons. The van der Waals surface area contributed by atoms with Crippen LogP contribution in [0.1, 0.15) is 27.7 Å². The van der Waals surface area contributed by atoms with Gasteiger partial charge in [0, 0.05) is 0 Å². The summed E-state index contributed by atoms with van der Waals surface area (Å²) in [6.45, 7) is 3.92. The van der Waals surface area contributed by atoms with Gasteiger partial charge in [0.05, 0.1) is 0 Å². The molecule has 0 aliphatic heterocycles. The van der Waals surface area contributed by atoms with Crippen LogP contribution in [0.5, 0.6) is 0 Å². The van der Waals surface area contributed by atoms with Crippen molar-refractivity contribution in [2.75, 3.05) is 0 Å². The Morgan fingerprint density at radius 3 is 0.720 bits per heavy atom. The Hall–Kier alpha value is -2.55. The fourth-order valence-electron chi connectivity index (χ4n) is 1.55. The van der Waals surface area contributed by atoms with E-state index in [9.17, 15) is 48.6 Å². The minimum atomic E-state index is -2.01. The molecule has 0 radical (unpaired) electrons. The van der Waals surface area contributed by atoms with Crippen LogP contribution >= 0.6 is 0 Å². The van der Waals surface area contributed by atoms with E-state index in [1.54, 1.807) is 0 Å². The Morgan fingerprint density at radius 1 is 0.520 bits per heavy atom. The van der Waals surface area contributed by atoms with Gasteiger partial charge in [-0.15, -0.1) is 0 Å². The summed E-state index contributed by atoms with van der Waals surface area (Å²) in [5.41, 5.74) is 0. The largest absolute Gasteiger partial charge is 2.00 e. The number of aliphatic carboxylic acids is 2. The summed E-state index contributed by atoms with van der Waals surface area (Å²) >= 11 is 0. The molecule has 0 amide bonds. The van der Waals surface area contributed by atoms with Crippen LogP contribution in [0.3, 0.4) is 0 Å². The second kappa shape index (κ2) is 11.9. The zero-order valence-corrected chi connectivity index (χ0v) is 14.5. The Labute approximate surface area is 151 Å². The fraction of sp³-hybridized carbons (Fsp3) is 0.429. The first-order chi connectivity index (χ1) is 10.7. The molecule has 0 saturated carbocycles. The number of hydrogen-bond donors (Lipinski definition) is 0. The van der Waals surface area contributed by atoms with Crippen LogP contribution in [0.25, 0.3) is 0 Å². The summed E-state index contributed by atoms with van der Waals surface area (Å²) < 4.78 is 0. The molecular weight excluding hydrogens is 387 g/mol. The number of carboxylic acid groups (broad SMARTS) is 2. The van der Waals surface area contributed by atoms with Gasteiger partial charge in [-0.3, -0.25) is 28.8 Å². The standard InChI is InChI=1S/2C7H8O5.Ni/c2*1-3(8)5(4(2)9)6(10)7(11)12;/h2*5H,1-2H3,(H,11,12);/q;;+2/p-2. The zero-order valence-electron chi connectivity index (χ0n) is 13.6. The van der Waals surface area contributed by atoms with Gasteiger partial charge in [0.1, 0.15) is 46.9 Å². The summed E-state index contributed by atoms with van der Waals surface area (Å²) in [6, 6.07) is 0. The van der Waals surface area contributed by atoms with Crippen molar-refractivity contribution in [1.82, 2.24) is 0 Å². The SMILES string of the molecule is CC(=O)C(C(C)=O)C(=O)C(=O)[O-].CC(=O)C(C(C)=O)C(=O)C(=O)[O-].[Ni+2]. The minimum Gasteiger partial charge on any atom is -0.542 e. The summed E-state index contributed by atoms with van der Waals surface area (Å²) in [5.74, 6) is -13.5. The average molecular weight is 401 g/mol. The first-order valence-corrected chi connectivity index (χ1v) is 6.27. The Balaban J connectivity index is -0.000000372. The number of carbonyl (C=O) groups excluding carboxylic acids is 8. The summed E-state index contributed by atoms with van der Waals surface area (Å²) in [7, 11) is 0. The van der Waals surface area contributed by atoms with Gasteiger partial charge in [0.15, 0.2) is 11.6 Å². The molecule has 0 aromatic rings. The molecule has 0 aliphatic carbocycles. The predicted molar refractivity (Wildman–Crippen MR) is 69.7 cm³/mol. The number of rotatable bonds is 8. The van der Waals surface area contributed by atoms with E-state index in [0.29, 0.717) is 0 Å². The van der Waals surface area contributed by atoms with Crippen molar-refractivity contribution in [2.24, 2.45) is 11.8 Å². The molecule has 10 nitrogen and oxygen atoms in total. The van der Waals surface area contributed by atoms with Crippen molar-refractivity contribution in [3.63, 3.8) is 0 Å². The van der Waals surface area contributed by atoms with Crippen molar-refractivity contribution < 1.29 is 65.1 Å². The molecule has 0 spiro atoms. The van der Waals surface area contributed by atoms with Crippen molar-refractivity contribution in [2.45, 2.75) is 27.7 Å². The second-order valence-corrected chi connectivity index (χ2v) is 4.61. The van der Waals surface area contributed by atoms with Crippen LogP contribution in [-0.4, -0.2) is 46.6 Å². The molecule has 0 heterocycles. The van der Waals surface area contributed by atoms with Gasteiger partial charge < -0.3 is 19.8 Å². The molecule has 0 aliphatic rings. The van der Waals surface area contributed by atoms with Crippen molar-refractivity contribution in [3.05, 3.63) is 0 Å². The van der Waals surface area contributed by atoms with E-state index in [1.165, 1.54) is 0 Å². The maximum atomic E-state index is 10.6. The van der Waals surface area contributed by atoms with E-state index in [2.05, 4.69) is 0 Å². The monoisotopic (exact) mass is 400 g/mol. The number of carbonyl (C=O) groups is 8. The van der Waals surface area contributed by atoms with Crippen molar-refractivity contribution in [3.8, 4) is 0 Å². The van der Waals surface area contributed by atoms with E-state index < -0.39 is 58.5 Å². The molecule has 0 fully saturated rings. The summed E-state index contributed by atoms with van der Waals surface area (Å²) in [5, 5.41) is 20.0. The van der Waals surface area contributed by atoms with Gasteiger partial charge in [-0.05, 0) is 27.7 Å². The second-order valence-electron chi connectivity index (χ2n) is 4.61. The van der Waals surface area contributed by atoms with E-state index in [4.69, 9.17) is 0 Å². The van der Waals surface area contributed by atoms with Gasteiger partial charge >= 0.3 is 16.5 Å². The Bertz CT molecular complexity index is 537. The third kappa shape index (κ3) is 9.36. The molecule has 0 aromatic heterocycles. The number of hydrogen-bond acceptors (Lipinski definition) is 10. The normalized spacial score (nSPS) is 9.20. The van der Waals surface area contributed by atoms with Crippen LogP contribution in [-0.2, 0) is 54.8 Å². The predicted octanol–water partition coefficient (Wildman–Crippen LogP) is -3.80. The number of carboxylic acids is 2. The topological polar surface area (TPSA) is 183 Å². The molecule has 0 saturated heterocycles. The number of Topliss-reactive ketones (excluding diaryl/α,β-unsaturated/α-hetero) is 6. The molecule has 0 N–H and O–H groups in total. The molecule has 11 heteroatoms. The van der Waals surface area contributed by atoms with Crippen LogP contribution in [0.4, 0.5) is 0 Å². The molecule has 0 unspecified atom stereocenters. The van der Waals surface area contributed by atoms with Gasteiger partial charge in [-0.1, -0.05) is 0 Å². The summed E-state index contributed by atoms with van der Waals surface area (Å²) in [4.78, 5) is 83.6. The zero-order chi connectivity index (χ0) is 19.8. The summed E-state index contributed by atoms with van der Waals surface area (Å²) in [6.07, 6.45) is 0. The van der Waals surface area contributed by atoms with Crippen LogP contribution in [0, 0.1) is 11.8 Å². The van der Waals surface area contributed by atoms with Crippen LogP contribution < -0.4 is 10.2 Å². The van der Waals surface area contributed by atoms with E-state index in [1.807, 2.05) is 0 Å². The molecule has 0 rings (SSSR count). The maximum absolute atomic E-state index is 10.6. The third-order valence-electron chi connectivity index (χ3n) is 2.55. The molecule has 25 heavy (non-hydrogen) atoms.